The van der Waals surface area contributed by atoms with Crippen molar-refractivity contribution in [3.63, 3.8) is 0 Å². The summed E-state index contributed by atoms with van der Waals surface area (Å²) in [6, 6.07) is 0. The zero-order valence-electron chi connectivity index (χ0n) is 5.82. The molecule has 0 saturated heterocycles. The molecule has 0 heterocycles. The number of aliphatic hydroxyl groups is 1. The molecule has 0 radical (unpaired) electrons. The van der Waals surface area contributed by atoms with Crippen molar-refractivity contribution in [2.45, 2.75) is 24.4 Å². The van der Waals surface area contributed by atoms with Gasteiger partial charge in [-0.1, -0.05) is 0 Å². The van der Waals surface area contributed by atoms with Crippen LogP contribution >= 0.6 is 0 Å². The van der Waals surface area contributed by atoms with Crippen LogP contribution in [0.25, 0.3) is 0 Å². The molecule has 1 rings (SSSR count). The predicted molar refractivity (Wildman–Crippen MR) is 33.1 cm³/mol. The van der Waals surface area contributed by atoms with Gasteiger partial charge in [0.15, 0.2) is 0 Å². The lowest BCUT2D eigenvalue weighted by atomic mass is 9.76. The van der Waals surface area contributed by atoms with E-state index in [1.807, 2.05) is 0 Å². The first-order valence-electron chi connectivity index (χ1n) is 3.22. The molecule has 0 aromatic carbocycles. The van der Waals surface area contributed by atoms with Crippen LogP contribution in [0.1, 0.15) is 12.8 Å². The van der Waals surface area contributed by atoms with Crippen LogP contribution < -0.4 is 5.32 Å². The molecule has 1 aliphatic carbocycles. The fraction of sp³-hybridized carbons (Fsp3) is 1.00. The summed E-state index contributed by atoms with van der Waals surface area (Å²) in [7, 11) is 1.63. The van der Waals surface area contributed by atoms with Crippen LogP contribution in [0, 0.1) is 0 Å². The highest BCUT2D eigenvalue weighted by Gasteiger charge is 2.55. The second-order valence-corrected chi connectivity index (χ2v) is 2.96. The molecule has 60 valence electrons. The van der Waals surface area contributed by atoms with Gasteiger partial charge in [0.05, 0.1) is 5.60 Å². The number of alkyl halides is 2. The molecular formula is C6H11F2NO. The Kier molecular flexibility index (Phi) is 1.68. The van der Waals surface area contributed by atoms with E-state index >= 15 is 0 Å². The number of nitrogens with one attached hydrogen (secondary N) is 1. The molecule has 1 saturated carbocycles. The van der Waals surface area contributed by atoms with Gasteiger partial charge in [0.1, 0.15) is 0 Å². The van der Waals surface area contributed by atoms with Gasteiger partial charge in [-0.15, -0.1) is 0 Å². The van der Waals surface area contributed by atoms with E-state index in [-0.39, 0.29) is 6.54 Å². The molecule has 1 aliphatic rings. The topological polar surface area (TPSA) is 32.3 Å². The Bertz CT molecular complexity index is 130. The van der Waals surface area contributed by atoms with E-state index < -0.39 is 24.4 Å². The molecule has 0 spiro atoms. The third-order valence-electron chi connectivity index (χ3n) is 1.68. The SMILES string of the molecule is CNCC1(O)CC(F)(F)C1. The van der Waals surface area contributed by atoms with Gasteiger partial charge in [-0.2, -0.15) is 0 Å². The molecule has 2 nitrogen and oxygen atoms in total. The van der Waals surface area contributed by atoms with Crippen molar-refractivity contribution < 1.29 is 13.9 Å². The Hall–Kier alpha value is -0.220. The van der Waals surface area contributed by atoms with Crippen molar-refractivity contribution in [3.8, 4) is 0 Å². The normalized spacial score (nSPS) is 27.6. The summed E-state index contributed by atoms with van der Waals surface area (Å²) in [5, 5.41) is 11.9. The molecule has 0 bridgehead atoms. The van der Waals surface area contributed by atoms with Crippen LogP contribution in [0.4, 0.5) is 8.78 Å². The molecule has 0 atom stereocenters. The lowest BCUT2D eigenvalue weighted by molar-refractivity contribution is -0.201. The molecule has 0 aromatic rings. The number of rotatable bonds is 2. The summed E-state index contributed by atoms with van der Waals surface area (Å²) in [5.41, 5.74) is -1.15. The first kappa shape index (κ1) is 7.88. The Morgan fingerprint density at radius 1 is 1.50 bits per heavy atom. The van der Waals surface area contributed by atoms with Gasteiger partial charge >= 0.3 is 0 Å². The molecule has 0 aliphatic heterocycles. The second-order valence-electron chi connectivity index (χ2n) is 2.96. The molecule has 10 heavy (non-hydrogen) atoms. The Morgan fingerprint density at radius 3 is 2.30 bits per heavy atom. The van der Waals surface area contributed by atoms with Crippen molar-refractivity contribution in [2.75, 3.05) is 13.6 Å². The summed E-state index contributed by atoms with van der Waals surface area (Å²) >= 11 is 0. The molecular weight excluding hydrogens is 140 g/mol. The predicted octanol–water partition coefficient (Wildman–Crippen LogP) is 0.366. The summed E-state index contributed by atoms with van der Waals surface area (Å²) in [4.78, 5) is 0. The van der Waals surface area contributed by atoms with E-state index in [9.17, 15) is 13.9 Å². The summed E-state index contributed by atoms with van der Waals surface area (Å²) < 4.78 is 24.3. The number of hydrogen-bond donors (Lipinski definition) is 2. The molecule has 0 amide bonds. The summed E-state index contributed by atoms with van der Waals surface area (Å²) in [5.74, 6) is -2.63. The Balaban J connectivity index is 2.34. The zero-order chi connectivity index (χ0) is 7.83. The molecule has 1 fully saturated rings. The standard InChI is InChI=1S/C6H11F2NO/c1-9-4-5(10)2-6(7,8)3-5/h9-10H,2-4H2,1H3. The van der Waals surface area contributed by atoms with Crippen LogP contribution in [0.5, 0.6) is 0 Å². The van der Waals surface area contributed by atoms with E-state index in [0.29, 0.717) is 0 Å². The first-order chi connectivity index (χ1) is 4.47. The van der Waals surface area contributed by atoms with Crippen LogP contribution in [-0.4, -0.2) is 30.2 Å². The smallest absolute Gasteiger partial charge is 0.253 e. The molecule has 0 aromatic heterocycles. The first-order valence-corrected chi connectivity index (χ1v) is 3.22. The van der Waals surface area contributed by atoms with Crippen molar-refractivity contribution in [2.24, 2.45) is 0 Å². The van der Waals surface area contributed by atoms with Gasteiger partial charge in [0.25, 0.3) is 5.92 Å². The highest BCUT2D eigenvalue weighted by molar-refractivity contribution is 5.00. The second kappa shape index (κ2) is 2.13. The van der Waals surface area contributed by atoms with E-state index in [4.69, 9.17) is 0 Å². The van der Waals surface area contributed by atoms with Crippen LogP contribution in [0.2, 0.25) is 0 Å². The van der Waals surface area contributed by atoms with E-state index in [2.05, 4.69) is 5.32 Å². The number of likely N-dealkylation sites (N-methyl/N-ethyl adjacent to an activating group) is 1. The highest BCUT2D eigenvalue weighted by Crippen LogP contribution is 2.44. The minimum absolute atomic E-state index is 0.253. The Morgan fingerprint density at radius 2 is 2.00 bits per heavy atom. The third kappa shape index (κ3) is 1.44. The van der Waals surface area contributed by atoms with E-state index in [0.717, 1.165) is 0 Å². The summed E-state index contributed by atoms with van der Waals surface area (Å²) in [6.45, 7) is 0.253. The quantitative estimate of drug-likeness (QED) is 0.597. The number of hydrogen-bond acceptors (Lipinski definition) is 2. The minimum Gasteiger partial charge on any atom is -0.388 e. The molecule has 4 heteroatoms. The largest absolute Gasteiger partial charge is 0.388 e. The van der Waals surface area contributed by atoms with Crippen LogP contribution in [0.15, 0.2) is 0 Å². The third-order valence-corrected chi connectivity index (χ3v) is 1.68. The van der Waals surface area contributed by atoms with Gasteiger partial charge in [0.2, 0.25) is 0 Å². The van der Waals surface area contributed by atoms with Gasteiger partial charge in [-0.3, -0.25) is 0 Å². The van der Waals surface area contributed by atoms with Crippen molar-refractivity contribution in [1.82, 2.24) is 5.32 Å². The van der Waals surface area contributed by atoms with Gasteiger partial charge < -0.3 is 10.4 Å². The van der Waals surface area contributed by atoms with E-state index in [1.165, 1.54) is 0 Å². The van der Waals surface area contributed by atoms with E-state index in [1.54, 1.807) is 7.05 Å². The highest BCUT2D eigenvalue weighted by atomic mass is 19.3. The van der Waals surface area contributed by atoms with Crippen molar-refractivity contribution in [1.29, 1.82) is 0 Å². The van der Waals surface area contributed by atoms with Crippen molar-refractivity contribution in [3.05, 3.63) is 0 Å². The maximum absolute atomic E-state index is 12.2. The fourth-order valence-corrected chi connectivity index (χ4v) is 1.37. The lowest BCUT2D eigenvalue weighted by Gasteiger charge is -2.42. The monoisotopic (exact) mass is 151 g/mol. The van der Waals surface area contributed by atoms with Crippen LogP contribution in [0.3, 0.4) is 0 Å². The summed E-state index contributed by atoms with van der Waals surface area (Å²) in [6.07, 6.45) is -0.804. The zero-order valence-corrected chi connectivity index (χ0v) is 5.82. The molecule has 0 unspecified atom stereocenters. The fourth-order valence-electron chi connectivity index (χ4n) is 1.37. The van der Waals surface area contributed by atoms with Gasteiger partial charge in [-0.25, -0.2) is 8.78 Å². The van der Waals surface area contributed by atoms with Crippen molar-refractivity contribution >= 4 is 0 Å². The maximum atomic E-state index is 12.2. The van der Waals surface area contributed by atoms with Gasteiger partial charge in [0, 0.05) is 19.4 Å². The maximum Gasteiger partial charge on any atom is 0.253 e. The lowest BCUT2D eigenvalue weighted by Crippen LogP contribution is -2.56. The van der Waals surface area contributed by atoms with Crippen LogP contribution in [-0.2, 0) is 0 Å². The number of halogens is 2. The average Bonchev–Trinajstić information content (AvgIpc) is 1.58. The minimum atomic E-state index is -2.63. The molecule has 2 N–H and O–H groups in total. The average molecular weight is 151 g/mol. The van der Waals surface area contributed by atoms with Gasteiger partial charge in [-0.05, 0) is 7.05 Å². The Labute approximate surface area is 58.2 Å².